The van der Waals surface area contributed by atoms with Crippen LogP contribution in [0, 0.1) is 0 Å². The summed E-state index contributed by atoms with van der Waals surface area (Å²) in [6.45, 7) is 2.09. The summed E-state index contributed by atoms with van der Waals surface area (Å²) in [5.74, 6) is -3.23. The van der Waals surface area contributed by atoms with Gasteiger partial charge in [0.2, 0.25) is 5.91 Å². The van der Waals surface area contributed by atoms with Crippen molar-refractivity contribution in [3.8, 4) is 0 Å². The van der Waals surface area contributed by atoms with Crippen molar-refractivity contribution in [1.82, 2.24) is 14.7 Å². The highest BCUT2D eigenvalue weighted by molar-refractivity contribution is 5.94. The van der Waals surface area contributed by atoms with Crippen LogP contribution in [-0.2, 0) is 9.53 Å². The van der Waals surface area contributed by atoms with E-state index >= 15 is 0 Å². The number of amides is 2. The van der Waals surface area contributed by atoms with Gasteiger partial charge in [-0.25, -0.2) is 8.78 Å². The zero-order chi connectivity index (χ0) is 19.0. The number of rotatable bonds is 3. The maximum atomic E-state index is 14.1. The molecule has 8 heteroatoms. The van der Waals surface area contributed by atoms with E-state index in [2.05, 4.69) is 0 Å². The number of carbonyl (C=O) groups excluding carboxylic acids is 2. The standard InChI is InChI=1S/C19H23F2N3O3/c20-19(21)10-16(18(26)22-6-8-27-9-7-22)24(13-19)15-11-23(12-15)17(25)14-4-2-1-3-5-14/h1-5,15-16H,6-13H2/t16-/m0/s1. The van der Waals surface area contributed by atoms with Crippen molar-refractivity contribution in [3.63, 3.8) is 0 Å². The minimum atomic E-state index is -2.88. The lowest BCUT2D eigenvalue weighted by atomic mass is 10.0. The molecule has 3 heterocycles. The maximum Gasteiger partial charge on any atom is 0.262 e. The first-order valence-electron chi connectivity index (χ1n) is 9.29. The van der Waals surface area contributed by atoms with Crippen molar-refractivity contribution in [2.75, 3.05) is 45.9 Å². The van der Waals surface area contributed by atoms with E-state index in [0.29, 0.717) is 45.0 Å². The van der Waals surface area contributed by atoms with E-state index in [1.807, 2.05) is 6.07 Å². The molecule has 0 N–H and O–H groups in total. The van der Waals surface area contributed by atoms with Gasteiger partial charge >= 0.3 is 0 Å². The van der Waals surface area contributed by atoms with Crippen LogP contribution in [0.25, 0.3) is 0 Å². The molecule has 1 atom stereocenters. The molecule has 3 saturated heterocycles. The lowest BCUT2D eigenvalue weighted by Crippen LogP contribution is -2.64. The monoisotopic (exact) mass is 379 g/mol. The van der Waals surface area contributed by atoms with Crippen molar-refractivity contribution < 1.29 is 23.1 Å². The van der Waals surface area contributed by atoms with Gasteiger partial charge < -0.3 is 14.5 Å². The summed E-state index contributed by atoms with van der Waals surface area (Å²) in [5.41, 5.74) is 0.587. The SMILES string of the molecule is O=C(c1ccccc1)N1CC(N2CC(F)(F)C[C@H]2C(=O)N2CCOCC2)C1. The second-order valence-electron chi connectivity index (χ2n) is 7.42. The van der Waals surface area contributed by atoms with Gasteiger partial charge in [0.25, 0.3) is 11.8 Å². The number of halogens is 2. The maximum absolute atomic E-state index is 14.1. The van der Waals surface area contributed by atoms with Gasteiger partial charge in [0, 0.05) is 44.2 Å². The van der Waals surface area contributed by atoms with Crippen molar-refractivity contribution in [2.45, 2.75) is 24.4 Å². The first kappa shape index (κ1) is 18.3. The highest BCUT2D eigenvalue weighted by Gasteiger charge is 2.53. The molecule has 0 saturated carbocycles. The van der Waals surface area contributed by atoms with E-state index in [1.54, 1.807) is 39.0 Å². The van der Waals surface area contributed by atoms with E-state index in [9.17, 15) is 18.4 Å². The second kappa shape index (κ2) is 7.16. The Morgan fingerprint density at radius 1 is 1.04 bits per heavy atom. The van der Waals surface area contributed by atoms with Crippen molar-refractivity contribution in [2.24, 2.45) is 0 Å². The Bertz CT molecular complexity index is 703. The molecular formula is C19H23F2N3O3. The Labute approximate surface area is 156 Å². The van der Waals surface area contributed by atoms with E-state index in [0.717, 1.165) is 0 Å². The number of hydrogen-bond donors (Lipinski definition) is 0. The number of morpholine rings is 1. The summed E-state index contributed by atoms with van der Waals surface area (Å²) in [4.78, 5) is 30.1. The molecule has 0 bridgehead atoms. The van der Waals surface area contributed by atoms with Crippen LogP contribution in [0.15, 0.2) is 30.3 Å². The summed E-state index contributed by atoms with van der Waals surface area (Å²) >= 11 is 0. The van der Waals surface area contributed by atoms with Crippen LogP contribution < -0.4 is 0 Å². The van der Waals surface area contributed by atoms with Crippen LogP contribution in [0.1, 0.15) is 16.8 Å². The largest absolute Gasteiger partial charge is 0.378 e. The van der Waals surface area contributed by atoms with E-state index in [1.165, 1.54) is 0 Å². The molecule has 146 valence electrons. The molecule has 3 aliphatic rings. The fourth-order valence-electron chi connectivity index (χ4n) is 4.04. The van der Waals surface area contributed by atoms with Gasteiger partial charge in [0.05, 0.1) is 25.8 Å². The second-order valence-corrected chi connectivity index (χ2v) is 7.42. The molecule has 4 rings (SSSR count). The molecule has 2 amide bonds. The molecule has 0 aromatic heterocycles. The zero-order valence-corrected chi connectivity index (χ0v) is 15.0. The smallest absolute Gasteiger partial charge is 0.262 e. The molecule has 0 spiro atoms. The summed E-state index contributed by atoms with van der Waals surface area (Å²) in [6.07, 6.45) is -0.452. The fraction of sp³-hybridized carbons (Fsp3) is 0.579. The third-order valence-electron chi connectivity index (χ3n) is 5.55. The van der Waals surface area contributed by atoms with E-state index in [-0.39, 0.29) is 17.9 Å². The Kier molecular flexibility index (Phi) is 4.86. The van der Waals surface area contributed by atoms with Gasteiger partial charge in [0.1, 0.15) is 0 Å². The summed E-state index contributed by atoms with van der Waals surface area (Å²) in [6, 6.07) is 7.88. The average Bonchev–Trinajstić information content (AvgIpc) is 2.96. The van der Waals surface area contributed by atoms with Crippen molar-refractivity contribution in [1.29, 1.82) is 0 Å². The van der Waals surface area contributed by atoms with Crippen LogP contribution in [-0.4, -0.2) is 90.5 Å². The highest BCUT2D eigenvalue weighted by Crippen LogP contribution is 2.36. The van der Waals surface area contributed by atoms with Crippen LogP contribution >= 0.6 is 0 Å². The molecule has 3 aliphatic heterocycles. The molecule has 0 radical (unpaired) electrons. The summed E-state index contributed by atoms with van der Waals surface area (Å²) in [5, 5.41) is 0. The van der Waals surface area contributed by atoms with Gasteiger partial charge in [-0.2, -0.15) is 0 Å². The van der Waals surface area contributed by atoms with Crippen molar-refractivity contribution in [3.05, 3.63) is 35.9 Å². The highest BCUT2D eigenvalue weighted by atomic mass is 19.3. The quantitative estimate of drug-likeness (QED) is 0.789. The predicted octanol–water partition coefficient (Wildman–Crippen LogP) is 1.08. The number of hydrogen-bond acceptors (Lipinski definition) is 4. The molecule has 0 aliphatic carbocycles. The van der Waals surface area contributed by atoms with Crippen LogP contribution in [0.4, 0.5) is 8.78 Å². The third kappa shape index (κ3) is 3.68. The van der Waals surface area contributed by atoms with Crippen molar-refractivity contribution >= 4 is 11.8 Å². The van der Waals surface area contributed by atoms with Crippen LogP contribution in [0.2, 0.25) is 0 Å². The molecule has 6 nitrogen and oxygen atoms in total. The molecule has 0 unspecified atom stereocenters. The molecule has 1 aromatic carbocycles. The van der Waals surface area contributed by atoms with Gasteiger partial charge in [0.15, 0.2) is 0 Å². The molecular weight excluding hydrogens is 356 g/mol. The lowest BCUT2D eigenvalue weighted by Gasteiger charge is -2.46. The Morgan fingerprint density at radius 2 is 1.70 bits per heavy atom. The van der Waals surface area contributed by atoms with E-state index in [4.69, 9.17) is 4.74 Å². The normalized spacial score (nSPS) is 26.1. The molecule has 27 heavy (non-hydrogen) atoms. The van der Waals surface area contributed by atoms with Gasteiger partial charge in [-0.05, 0) is 12.1 Å². The van der Waals surface area contributed by atoms with E-state index < -0.39 is 24.9 Å². The van der Waals surface area contributed by atoms with Gasteiger partial charge in [-0.3, -0.25) is 14.5 Å². The number of nitrogens with zero attached hydrogens (tertiary/aromatic N) is 3. The first-order chi connectivity index (χ1) is 12.9. The fourth-order valence-corrected chi connectivity index (χ4v) is 4.04. The number of ether oxygens (including phenoxy) is 1. The first-order valence-corrected chi connectivity index (χ1v) is 9.29. The minimum Gasteiger partial charge on any atom is -0.378 e. The Hall–Kier alpha value is -2.06. The summed E-state index contributed by atoms with van der Waals surface area (Å²) < 4.78 is 33.4. The Balaban J connectivity index is 1.41. The number of benzene rings is 1. The van der Waals surface area contributed by atoms with Crippen LogP contribution in [0.3, 0.4) is 0 Å². The number of alkyl halides is 2. The predicted molar refractivity (Wildman–Crippen MR) is 93.6 cm³/mol. The van der Waals surface area contributed by atoms with Crippen LogP contribution in [0.5, 0.6) is 0 Å². The third-order valence-corrected chi connectivity index (χ3v) is 5.55. The lowest BCUT2D eigenvalue weighted by molar-refractivity contribution is -0.141. The number of likely N-dealkylation sites (tertiary alicyclic amines) is 2. The zero-order valence-electron chi connectivity index (χ0n) is 15.0. The minimum absolute atomic E-state index is 0.103. The molecule has 1 aromatic rings. The van der Waals surface area contributed by atoms with Gasteiger partial charge in [-0.1, -0.05) is 18.2 Å². The molecule has 3 fully saturated rings. The Morgan fingerprint density at radius 3 is 2.37 bits per heavy atom. The number of carbonyl (C=O) groups is 2. The summed E-state index contributed by atoms with van der Waals surface area (Å²) in [7, 11) is 0. The van der Waals surface area contributed by atoms with Gasteiger partial charge in [-0.15, -0.1) is 0 Å². The topological polar surface area (TPSA) is 53.1 Å². The average molecular weight is 379 g/mol.